The van der Waals surface area contributed by atoms with Crippen molar-refractivity contribution >= 4 is 17.9 Å². The summed E-state index contributed by atoms with van der Waals surface area (Å²) in [7, 11) is 0. The van der Waals surface area contributed by atoms with Crippen molar-refractivity contribution in [3.63, 3.8) is 0 Å². The van der Waals surface area contributed by atoms with Crippen molar-refractivity contribution in [2.75, 3.05) is 19.8 Å². The largest absolute Gasteiger partial charge is 0.479 e. The van der Waals surface area contributed by atoms with Crippen LogP contribution >= 0.6 is 0 Å². The average molecular weight is 1130 g/mol. The number of carbonyl (C=O) groups excluding carboxylic acids is 2. The molecule has 11 N–H and O–H groups in total. The summed E-state index contributed by atoms with van der Waals surface area (Å²) < 4.78 is 49.2. The van der Waals surface area contributed by atoms with Gasteiger partial charge in [0, 0.05) is 16.6 Å². The maximum atomic E-state index is 13.8. The maximum absolute atomic E-state index is 13.8. The van der Waals surface area contributed by atoms with E-state index in [9.17, 15) is 70.6 Å². The summed E-state index contributed by atoms with van der Waals surface area (Å²) in [6.45, 7) is 19.4. The fourth-order valence-electron chi connectivity index (χ4n) is 16.2. The van der Waals surface area contributed by atoms with E-state index in [4.69, 9.17) is 37.9 Å². The number of carboxylic acid groups (broad SMARTS) is 1. The number of esters is 2. The summed E-state index contributed by atoms with van der Waals surface area (Å²) in [4.78, 5) is 40.3. The zero-order valence-electron chi connectivity index (χ0n) is 47.3. The van der Waals surface area contributed by atoms with E-state index >= 15 is 0 Å². The second-order valence-electron chi connectivity index (χ2n) is 26.0. The zero-order chi connectivity index (χ0) is 58.4. The number of rotatable bonds is 14. The number of hydrogen-bond donors (Lipinski definition) is 11. The van der Waals surface area contributed by atoms with Crippen LogP contribution in [0, 0.1) is 50.2 Å². The Morgan fingerprint density at radius 1 is 0.646 bits per heavy atom. The number of carboxylic acids is 1. The first-order valence-electron chi connectivity index (χ1n) is 28.0. The topological polar surface area (TPSA) is 348 Å². The highest BCUT2D eigenvalue weighted by Gasteiger charge is 2.74. The fraction of sp³-hybridized carbons (Fsp3) is 0.842. The van der Waals surface area contributed by atoms with Crippen LogP contribution in [0.3, 0.4) is 0 Å². The molecule has 448 valence electrons. The Labute approximate surface area is 461 Å². The van der Waals surface area contributed by atoms with Gasteiger partial charge in [-0.15, -0.1) is 0 Å². The number of aliphatic hydroxyl groups excluding tert-OH is 10. The van der Waals surface area contributed by atoms with Crippen LogP contribution in [0.5, 0.6) is 0 Å². The summed E-state index contributed by atoms with van der Waals surface area (Å²) >= 11 is 0. The molecule has 0 radical (unpaired) electrons. The number of aliphatic carboxylic acids is 1. The minimum Gasteiger partial charge on any atom is -0.479 e. The number of hydrogen-bond acceptors (Lipinski definition) is 21. The molecule has 22 heteroatoms. The maximum Gasteiger partial charge on any atom is 0.335 e. The molecule has 22 nitrogen and oxygen atoms in total. The third kappa shape index (κ3) is 9.99. The van der Waals surface area contributed by atoms with Gasteiger partial charge in [-0.05, 0) is 112 Å². The number of aliphatic hydroxyl groups is 10. The number of carbonyl (C=O) groups is 3. The van der Waals surface area contributed by atoms with Gasteiger partial charge < -0.3 is 94.1 Å². The van der Waals surface area contributed by atoms with Crippen LogP contribution < -0.4 is 0 Å². The third-order valence-electron chi connectivity index (χ3n) is 21.3. The molecule has 0 amide bonds. The first-order chi connectivity index (χ1) is 36.9. The average Bonchev–Trinajstić information content (AvgIpc) is 3.87. The lowest BCUT2D eigenvalue weighted by molar-refractivity contribution is -0.386. The highest BCUT2D eigenvalue weighted by molar-refractivity contribution is 5.89. The molecule has 5 aliphatic carbocycles. The molecular weight excluding hydrogens is 1040 g/mol. The minimum atomic E-state index is -2.10. The standard InChI is InChI=1S/C57H88O22/c1-12-25(3)47(70)78-44-45(79-48(71)26(4)13-2)57(24-60)28(20-52(44,5)6)27-14-15-32-54(9)18-17-34(53(7,8)31(54)16-19-55(32,10)56(27,11)21-33(57)61)74-51-43(77-50-39(66)37(64)35(62)29(22-58)72-50)41(40(67)42(76-51)46(68)69)75-49-38(65)36(63)30(23-59)73-49/h12-14,28-45,49-51,58-67H,15-24H2,1-11H3,(H,68,69)/b25-12+,26-13+/t28?,29-,30+,31+,32-,33-,34+,35+,36+,37+,38-,39-,40+,41+,42+,43-,44+,45+,49+,50?,51-,54+,55-,56-,57+/m1/s1. The lowest BCUT2D eigenvalue weighted by atomic mass is 9.33. The molecule has 0 spiro atoms. The number of fused-ring (bicyclic) bond motifs is 7. The molecule has 4 saturated carbocycles. The van der Waals surface area contributed by atoms with E-state index in [1.165, 1.54) is 0 Å². The molecule has 3 aliphatic heterocycles. The van der Waals surface area contributed by atoms with E-state index in [0.29, 0.717) is 49.7 Å². The Bertz CT molecular complexity index is 2350. The number of allylic oxidation sites excluding steroid dienone is 4. The van der Waals surface area contributed by atoms with E-state index in [2.05, 4.69) is 40.7 Å². The molecular formula is C57H88O22. The SMILES string of the molecule is C/C=C(\C)C(=O)O[C@H]1[C@H](OC(=O)/C(C)=C/C)[C@@]2(CO)C(CC1(C)C)C1=CC[C@@H]3[C@@]4(C)CC[C@H](O[C@@H]5O[C@H](C(=O)O)[C@@H](O)[C@H](O[C@@H]6O[C@@H](CO)[C@H](O)[C@H]6O)[C@H]5OC5O[C@H](CO)[C@H](O)[C@H](O)[C@H]5O)C(C)(C)[C@@H]4CC[C@@]3(C)[C@]1(C)C[C@H]2O. The molecule has 0 aromatic carbocycles. The Morgan fingerprint density at radius 2 is 1.19 bits per heavy atom. The summed E-state index contributed by atoms with van der Waals surface area (Å²) in [5.74, 6) is -3.40. The van der Waals surface area contributed by atoms with Gasteiger partial charge in [-0.25, -0.2) is 14.4 Å². The van der Waals surface area contributed by atoms with Gasteiger partial charge in [0.15, 0.2) is 31.1 Å². The van der Waals surface area contributed by atoms with Gasteiger partial charge >= 0.3 is 17.9 Å². The van der Waals surface area contributed by atoms with Crippen LogP contribution in [-0.2, 0) is 52.3 Å². The van der Waals surface area contributed by atoms with E-state index in [0.717, 1.165) is 5.57 Å². The molecule has 8 aliphatic rings. The Balaban J connectivity index is 1.12. The smallest absolute Gasteiger partial charge is 0.335 e. The third-order valence-corrected chi connectivity index (χ3v) is 21.3. The van der Waals surface area contributed by atoms with Crippen LogP contribution in [0.4, 0.5) is 0 Å². The van der Waals surface area contributed by atoms with Gasteiger partial charge in [0.25, 0.3) is 0 Å². The van der Waals surface area contributed by atoms with Crippen LogP contribution in [0.1, 0.15) is 121 Å². The first kappa shape index (κ1) is 62.0. The summed E-state index contributed by atoms with van der Waals surface area (Å²) in [5, 5.41) is 121. The predicted octanol–water partition coefficient (Wildman–Crippen LogP) is 1.29. The predicted molar refractivity (Wildman–Crippen MR) is 275 cm³/mol. The second kappa shape index (κ2) is 22.5. The highest BCUT2D eigenvalue weighted by atomic mass is 16.8. The van der Waals surface area contributed by atoms with Gasteiger partial charge in [0.05, 0.1) is 37.4 Å². The van der Waals surface area contributed by atoms with E-state index in [1.807, 2.05) is 13.8 Å². The van der Waals surface area contributed by atoms with Gasteiger partial charge in [0.1, 0.15) is 67.1 Å². The normalized spacial score (nSPS) is 48.6. The zero-order valence-corrected chi connectivity index (χ0v) is 47.3. The van der Waals surface area contributed by atoms with E-state index < -0.39 is 181 Å². The molecule has 25 atom stereocenters. The van der Waals surface area contributed by atoms with Crippen molar-refractivity contribution in [1.29, 1.82) is 0 Å². The van der Waals surface area contributed by atoms with E-state index in [1.54, 1.807) is 39.8 Å². The molecule has 2 unspecified atom stereocenters. The lowest BCUT2D eigenvalue weighted by Gasteiger charge is -2.72. The van der Waals surface area contributed by atoms with Crippen molar-refractivity contribution in [1.82, 2.24) is 0 Å². The van der Waals surface area contributed by atoms with Crippen LogP contribution in [-0.4, -0.2) is 204 Å². The summed E-state index contributed by atoms with van der Waals surface area (Å²) in [6, 6.07) is 0. The van der Waals surface area contributed by atoms with Gasteiger partial charge in [-0.1, -0.05) is 72.3 Å². The molecule has 3 heterocycles. The fourth-order valence-corrected chi connectivity index (χ4v) is 16.2. The Morgan fingerprint density at radius 3 is 1.73 bits per heavy atom. The van der Waals surface area contributed by atoms with Crippen LogP contribution in [0.2, 0.25) is 0 Å². The van der Waals surface area contributed by atoms with Crippen molar-refractivity contribution in [3.8, 4) is 0 Å². The monoisotopic (exact) mass is 1120 g/mol. The highest BCUT2D eigenvalue weighted by Crippen LogP contribution is 2.76. The van der Waals surface area contributed by atoms with Gasteiger partial charge in [-0.3, -0.25) is 0 Å². The molecule has 79 heavy (non-hydrogen) atoms. The first-order valence-corrected chi connectivity index (χ1v) is 28.0. The van der Waals surface area contributed by atoms with Gasteiger partial charge in [0.2, 0.25) is 0 Å². The Hall–Kier alpha value is -3.01. The van der Waals surface area contributed by atoms with Crippen LogP contribution in [0.15, 0.2) is 34.9 Å². The summed E-state index contributed by atoms with van der Waals surface area (Å²) in [6.07, 6.45) is -20.2. The molecule has 0 bridgehead atoms. The number of ether oxygens (including phenoxy) is 8. The van der Waals surface area contributed by atoms with Crippen molar-refractivity contribution in [2.24, 2.45) is 50.2 Å². The molecule has 0 aromatic heterocycles. The second-order valence-corrected chi connectivity index (χ2v) is 26.0. The molecule has 3 saturated heterocycles. The van der Waals surface area contributed by atoms with Crippen molar-refractivity contribution in [3.05, 3.63) is 34.9 Å². The molecule has 7 fully saturated rings. The van der Waals surface area contributed by atoms with Crippen LogP contribution in [0.25, 0.3) is 0 Å². The quantitative estimate of drug-likeness (QED) is 0.0505. The van der Waals surface area contributed by atoms with Crippen molar-refractivity contribution in [2.45, 2.75) is 232 Å². The van der Waals surface area contributed by atoms with E-state index in [-0.39, 0.29) is 23.7 Å². The Kier molecular flexibility index (Phi) is 17.7. The van der Waals surface area contributed by atoms with Gasteiger partial charge in [-0.2, -0.15) is 0 Å². The lowest BCUT2D eigenvalue weighted by Crippen LogP contribution is -2.72. The summed E-state index contributed by atoms with van der Waals surface area (Å²) in [5.41, 5.74) is -2.71. The van der Waals surface area contributed by atoms with Crippen molar-refractivity contribution < 1.29 is 108 Å². The molecule has 8 rings (SSSR count). The molecule has 0 aromatic rings. The minimum absolute atomic E-state index is 0.0232.